The van der Waals surface area contributed by atoms with Gasteiger partial charge in [0.2, 0.25) is 0 Å². The molecule has 0 radical (unpaired) electrons. The monoisotopic (exact) mass is 310 g/mol. The van der Waals surface area contributed by atoms with E-state index in [1.807, 2.05) is 43.3 Å². The number of benzene rings is 1. The molecule has 4 nitrogen and oxygen atoms in total. The van der Waals surface area contributed by atoms with E-state index in [4.69, 9.17) is 22.6 Å². The molecule has 0 amide bonds. The van der Waals surface area contributed by atoms with E-state index < -0.39 is 0 Å². The minimum Gasteiger partial charge on any atom is -0.378 e. The van der Waals surface area contributed by atoms with Gasteiger partial charge in [0, 0.05) is 43.7 Å². The molecule has 2 aromatic rings. The SMILES string of the molecule is CN(C)c1ccc(C#Cc2cnc(C#N)c(Cl)c2)c(CN)c1. The molecule has 0 bridgehead atoms. The molecule has 0 aliphatic rings. The molecule has 0 aliphatic heterocycles. The van der Waals surface area contributed by atoms with Crippen LogP contribution in [0.5, 0.6) is 0 Å². The topological polar surface area (TPSA) is 65.9 Å². The highest BCUT2D eigenvalue weighted by Gasteiger charge is 2.03. The highest BCUT2D eigenvalue weighted by Crippen LogP contribution is 2.18. The summed E-state index contributed by atoms with van der Waals surface area (Å²) in [5, 5.41) is 9.11. The fraction of sp³-hybridized carbons (Fsp3) is 0.176. The Morgan fingerprint density at radius 3 is 2.64 bits per heavy atom. The van der Waals surface area contributed by atoms with E-state index in [1.165, 1.54) is 6.20 Å². The fourth-order valence-electron chi connectivity index (χ4n) is 1.88. The van der Waals surface area contributed by atoms with Crippen molar-refractivity contribution >= 4 is 17.3 Å². The zero-order valence-corrected chi connectivity index (χ0v) is 13.1. The Bertz CT molecular complexity index is 795. The van der Waals surface area contributed by atoms with Gasteiger partial charge in [0.05, 0.1) is 5.02 Å². The molecule has 0 saturated carbocycles. The van der Waals surface area contributed by atoms with E-state index in [0.717, 1.165) is 16.8 Å². The van der Waals surface area contributed by atoms with Crippen molar-refractivity contribution in [3.05, 3.63) is 57.9 Å². The van der Waals surface area contributed by atoms with Crippen LogP contribution in [0.2, 0.25) is 5.02 Å². The van der Waals surface area contributed by atoms with Crippen molar-refractivity contribution in [2.45, 2.75) is 6.54 Å². The van der Waals surface area contributed by atoms with Gasteiger partial charge in [-0.2, -0.15) is 5.26 Å². The number of nitrogens with two attached hydrogens (primary N) is 1. The highest BCUT2D eigenvalue weighted by atomic mass is 35.5. The first-order valence-electron chi connectivity index (χ1n) is 6.63. The maximum absolute atomic E-state index is 8.81. The van der Waals surface area contributed by atoms with Crippen molar-refractivity contribution in [2.24, 2.45) is 5.73 Å². The second-order valence-corrected chi connectivity index (χ2v) is 5.26. The summed E-state index contributed by atoms with van der Waals surface area (Å²) in [5.74, 6) is 6.08. The van der Waals surface area contributed by atoms with Crippen LogP contribution in [-0.2, 0) is 6.54 Å². The largest absolute Gasteiger partial charge is 0.378 e. The molecule has 1 aromatic heterocycles. The van der Waals surface area contributed by atoms with Crippen molar-refractivity contribution in [2.75, 3.05) is 19.0 Å². The lowest BCUT2D eigenvalue weighted by Gasteiger charge is -2.14. The molecule has 0 atom stereocenters. The van der Waals surface area contributed by atoms with E-state index in [9.17, 15) is 0 Å². The van der Waals surface area contributed by atoms with Crippen molar-refractivity contribution in [3.8, 4) is 17.9 Å². The number of aromatic nitrogens is 1. The summed E-state index contributed by atoms with van der Waals surface area (Å²) in [6.07, 6.45) is 1.54. The number of pyridine rings is 1. The van der Waals surface area contributed by atoms with Crippen LogP contribution in [0.25, 0.3) is 0 Å². The molecule has 1 heterocycles. The molecule has 110 valence electrons. The van der Waals surface area contributed by atoms with Gasteiger partial charge in [-0.3, -0.25) is 0 Å². The Morgan fingerprint density at radius 2 is 2.05 bits per heavy atom. The lowest BCUT2D eigenvalue weighted by Crippen LogP contribution is -2.10. The first-order valence-corrected chi connectivity index (χ1v) is 7.01. The molecule has 0 saturated heterocycles. The van der Waals surface area contributed by atoms with Crippen LogP contribution in [0.4, 0.5) is 5.69 Å². The van der Waals surface area contributed by atoms with Crippen LogP contribution in [0.15, 0.2) is 30.5 Å². The van der Waals surface area contributed by atoms with Gasteiger partial charge in [-0.05, 0) is 29.8 Å². The normalized spacial score (nSPS) is 9.59. The fourth-order valence-corrected chi connectivity index (χ4v) is 2.09. The van der Waals surface area contributed by atoms with Crippen LogP contribution in [0.3, 0.4) is 0 Å². The van der Waals surface area contributed by atoms with E-state index in [2.05, 4.69) is 16.8 Å². The maximum atomic E-state index is 8.81. The number of hydrogen-bond acceptors (Lipinski definition) is 4. The van der Waals surface area contributed by atoms with Gasteiger partial charge in [-0.15, -0.1) is 0 Å². The van der Waals surface area contributed by atoms with E-state index >= 15 is 0 Å². The predicted octanol–water partition coefficient (Wildman–Crippen LogP) is 2.53. The lowest BCUT2D eigenvalue weighted by atomic mass is 10.1. The highest BCUT2D eigenvalue weighted by molar-refractivity contribution is 6.31. The Kier molecular flexibility index (Phi) is 5.01. The molecule has 0 spiro atoms. The number of halogens is 1. The third-order valence-electron chi connectivity index (χ3n) is 3.11. The average Bonchev–Trinajstić information content (AvgIpc) is 2.52. The molecular weight excluding hydrogens is 296 g/mol. The second-order valence-electron chi connectivity index (χ2n) is 4.86. The van der Waals surface area contributed by atoms with E-state index in [0.29, 0.717) is 17.1 Å². The third-order valence-corrected chi connectivity index (χ3v) is 3.40. The van der Waals surface area contributed by atoms with Crippen LogP contribution in [-0.4, -0.2) is 19.1 Å². The minimum atomic E-state index is 0.199. The minimum absolute atomic E-state index is 0.199. The maximum Gasteiger partial charge on any atom is 0.159 e. The molecule has 1 aromatic carbocycles. The van der Waals surface area contributed by atoms with Gasteiger partial charge >= 0.3 is 0 Å². The molecule has 22 heavy (non-hydrogen) atoms. The Hall–Kier alpha value is -2.53. The van der Waals surface area contributed by atoms with Crippen molar-refractivity contribution < 1.29 is 0 Å². The standard InChI is InChI=1S/C17H15ClN4/c1-22(2)15-6-5-13(14(8-15)9-19)4-3-12-7-16(18)17(10-20)21-11-12/h5-8,11H,9,19H2,1-2H3. The van der Waals surface area contributed by atoms with Crippen molar-refractivity contribution in [1.29, 1.82) is 5.26 Å². The quantitative estimate of drug-likeness (QED) is 0.866. The van der Waals surface area contributed by atoms with Gasteiger partial charge < -0.3 is 10.6 Å². The first kappa shape index (κ1) is 15.9. The molecular formula is C17H15ClN4. The number of rotatable bonds is 2. The number of hydrogen-bond donors (Lipinski definition) is 1. The Balaban J connectivity index is 2.36. The molecule has 2 N–H and O–H groups in total. The summed E-state index contributed by atoms with van der Waals surface area (Å²) in [6.45, 7) is 0.415. The zero-order valence-electron chi connectivity index (χ0n) is 12.4. The lowest BCUT2D eigenvalue weighted by molar-refractivity contribution is 1.05. The van der Waals surface area contributed by atoms with Crippen LogP contribution < -0.4 is 10.6 Å². The molecule has 0 aliphatic carbocycles. The summed E-state index contributed by atoms with van der Waals surface area (Å²) >= 11 is 5.95. The van der Waals surface area contributed by atoms with E-state index in [1.54, 1.807) is 6.07 Å². The molecule has 0 unspecified atom stereocenters. The third kappa shape index (κ3) is 3.56. The summed E-state index contributed by atoms with van der Waals surface area (Å²) in [7, 11) is 3.96. The number of anilines is 1. The van der Waals surface area contributed by atoms with Gasteiger partial charge in [0.25, 0.3) is 0 Å². The van der Waals surface area contributed by atoms with Gasteiger partial charge in [0.15, 0.2) is 5.69 Å². The number of nitrogens with zero attached hydrogens (tertiary/aromatic N) is 3. The van der Waals surface area contributed by atoms with Crippen LogP contribution in [0.1, 0.15) is 22.4 Å². The zero-order chi connectivity index (χ0) is 16.1. The van der Waals surface area contributed by atoms with Crippen molar-refractivity contribution in [3.63, 3.8) is 0 Å². The predicted molar refractivity (Wildman–Crippen MR) is 88.6 cm³/mol. The Labute approximate surface area is 135 Å². The van der Waals surface area contributed by atoms with Crippen LogP contribution in [0, 0.1) is 23.2 Å². The Morgan fingerprint density at radius 1 is 1.27 bits per heavy atom. The van der Waals surface area contributed by atoms with Gasteiger partial charge in [-0.1, -0.05) is 23.4 Å². The second kappa shape index (κ2) is 6.95. The van der Waals surface area contributed by atoms with Gasteiger partial charge in [0.1, 0.15) is 6.07 Å². The van der Waals surface area contributed by atoms with Crippen LogP contribution >= 0.6 is 11.6 Å². The number of nitriles is 1. The smallest absolute Gasteiger partial charge is 0.159 e. The first-order chi connectivity index (χ1) is 10.5. The molecule has 0 fully saturated rings. The average molecular weight is 311 g/mol. The summed E-state index contributed by atoms with van der Waals surface area (Å²) in [4.78, 5) is 5.98. The van der Waals surface area contributed by atoms with E-state index in [-0.39, 0.29) is 5.69 Å². The molecule has 5 heteroatoms. The van der Waals surface area contributed by atoms with Gasteiger partial charge in [-0.25, -0.2) is 4.98 Å². The van der Waals surface area contributed by atoms with Crippen molar-refractivity contribution in [1.82, 2.24) is 4.98 Å². The summed E-state index contributed by atoms with van der Waals surface area (Å²) < 4.78 is 0. The summed E-state index contributed by atoms with van der Waals surface area (Å²) in [5.41, 5.74) is 9.58. The summed E-state index contributed by atoms with van der Waals surface area (Å²) in [6, 6.07) is 9.52. The molecule has 2 rings (SSSR count).